The van der Waals surface area contributed by atoms with Crippen molar-refractivity contribution in [3.8, 4) is 0 Å². The number of anilines is 1. The monoisotopic (exact) mass is 224 g/mol. The van der Waals surface area contributed by atoms with E-state index in [-0.39, 0.29) is 17.2 Å². The third-order valence-corrected chi connectivity index (χ3v) is 2.25. The lowest BCUT2D eigenvalue weighted by Crippen LogP contribution is -2.05. The number of hydrogen-bond acceptors (Lipinski definition) is 4. The number of aliphatic hydroxyl groups is 1. The summed E-state index contributed by atoms with van der Waals surface area (Å²) in [5.74, 6) is 0. The molecular formula is C11H16N2O3. The van der Waals surface area contributed by atoms with E-state index in [0.29, 0.717) is 18.7 Å². The number of aliphatic hydroxyl groups excluding tert-OH is 1. The van der Waals surface area contributed by atoms with Crippen LogP contribution in [0.15, 0.2) is 18.2 Å². The Bertz CT molecular complexity index is 366. The average Bonchev–Trinajstić information content (AvgIpc) is 2.26. The molecule has 0 radical (unpaired) electrons. The Kier molecular flexibility index (Phi) is 4.72. The molecule has 0 bridgehead atoms. The Hall–Kier alpha value is -1.62. The fraction of sp³-hybridized carbons (Fsp3) is 0.455. The number of nitro benzene ring substituents is 1. The molecule has 0 amide bonds. The predicted octanol–water partition coefficient (Wildman–Crippen LogP) is 2.09. The van der Waals surface area contributed by atoms with Crippen molar-refractivity contribution in [3.63, 3.8) is 0 Å². The minimum absolute atomic E-state index is 0.101. The van der Waals surface area contributed by atoms with Gasteiger partial charge in [-0.3, -0.25) is 10.1 Å². The van der Waals surface area contributed by atoms with Crippen molar-refractivity contribution >= 4 is 11.4 Å². The summed E-state index contributed by atoms with van der Waals surface area (Å²) in [6.07, 6.45) is 1.49. The van der Waals surface area contributed by atoms with E-state index in [9.17, 15) is 10.1 Å². The van der Waals surface area contributed by atoms with Gasteiger partial charge in [0.25, 0.3) is 5.69 Å². The number of aryl methyl sites for hydroxylation is 1. The molecule has 0 saturated heterocycles. The van der Waals surface area contributed by atoms with E-state index in [2.05, 4.69) is 5.32 Å². The van der Waals surface area contributed by atoms with Gasteiger partial charge in [-0.2, -0.15) is 0 Å². The Labute approximate surface area is 94.3 Å². The first-order valence-electron chi connectivity index (χ1n) is 5.25. The van der Waals surface area contributed by atoms with Crippen molar-refractivity contribution in [3.05, 3.63) is 33.9 Å². The third-order valence-electron chi connectivity index (χ3n) is 2.25. The lowest BCUT2D eigenvalue weighted by Gasteiger charge is -2.06. The molecule has 16 heavy (non-hydrogen) atoms. The fourth-order valence-electron chi connectivity index (χ4n) is 1.40. The number of rotatable bonds is 6. The smallest absolute Gasteiger partial charge is 0.292 e. The average molecular weight is 224 g/mol. The zero-order valence-corrected chi connectivity index (χ0v) is 9.27. The van der Waals surface area contributed by atoms with Gasteiger partial charge >= 0.3 is 0 Å². The molecule has 0 saturated carbocycles. The van der Waals surface area contributed by atoms with Gasteiger partial charge in [0.05, 0.1) is 4.92 Å². The molecule has 1 aromatic carbocycles. The second-order valence-corrected chi connectivity index (χ2v) is 3.64. The van der Waals surface area contributed by atoms with Crippen LogP contribution in [0, 0.1) is 17.0 Å². The SMILES string of the molecule is Cc1ccc(NCCCCO)c([N+](=O)[O-])c1. The summed E-state index contributed by atoms with van der Waals surface area (Å²) < 4.78 is 0. The van der Waals surface area contributed by atoms with Gasteiger partial charge in [0, 0.05) is 19.2 Å². The summed E-state index contributed by atoms with van der Waals surface area (Å²) in [6, 6.07) is 5.10. The highest BCUT2D eigenvalue weighted by Gasteiger charge is 2.12. The van der Waals surface area contributed by atoms with Crippen molar-refractivity contribution in [1.29, 1.82) is 0 Å². The van der Waals surface area contributed by atoms with Crippen molar-refractivity contribution in [2.24, 2.45) is 0 Å². The van der Waals surface area contributed by atoms with Crippen LogP contribution in [0.3, 0.4) is 0 Å². The molecule has 0 aromatic heterocycles. The van der Waals surface area contributed by atoms with Gasteiger partial charge in [-0.1, -0.05) is 6.07 Å². The van der Waals surface area contributed by atoms with Gasteiger partial charge in [0.2, 0.25) is 0 Å². The summed E-state index contributed by atoms with van der Waals surface area (Å²) in [5, 5.41) is 22.4. The first kappa shape index (κ1) is 12.4. The van der Waals surface area contributed by atoms with E-state index in [1.807, 2.05) is 13.0 Å². The standard InChI is InChI=1S/C11H16N2O3/c1-9-4-5-10(11(8-9)13(15)16)12-6-2-3-7-14/h4-5,8,12,14H,2-3,6-7H2,1H3. The summed E-state index contributed by atoms with van der Waals surface area (Å²) in [7, 11) is 0. The minimum Gasteiger partial charge on any atom is -0.396 e. The fourth-order valence-corrected chi connectivity index (χ4v) is 1.40. The van der Waals surface area contributed by atoms with Crippen LogP contribution in [0.5, 0.6) is 0 Å². The summed E-state index contributed by atoms with van der Waals surface area (Å²) in [6.45, 7) is 2.60. The number of benzene rings is 1. The maximum Gasteiger partial charge on any atom is 0.292 e. The van der Waals surface area contributed by atoms with Crippen LogP contribution in [0.1, 0.15) is 18.4 Å². The maximum atomic E-state index is 10.8. The second kappa shape index (κ2) is 6.07. The topological polar surface area (TPSA) is 75.4 Å². The van der Waals surface area contributed by atoms with Crippen LogP contribution < -0.4 is 5.32 Å². The molecular weight excluding hydrogens is 208 g/mol. The molecule has 1 aromatic rings. The highest BCUT2D eigenvalue weighted by Crippen LogP contribution is 2.25. The first-order chi connectivity index (χ1) is 7.65. The van der Waals surface area contributed by atoms with Gasteiger partial charge in [0.1, 0.15) is 5.69 Å². The molecule has 0 unspecified atom stereocenters. The highest BCUT2D eigenvalue weighted by atomic mass is 16.6. The summed E-state index contributed by atoms with van der Waals surface area (Å²) in [4.78, 5) is 10.4. The molecule has 5 heteroatoms. The Morgan fingerprint density at radius 1 is 1.44 bits per heavy atom. The zero-order valence-electron chi connectivity index (χ0n) is 9.27. The Morgan fingerprint density at radius 2 is 2.19 bits per heavy atom. The van der Waals surface area contributed by atoms with Gasteiger partial charge in [-0.15, -0.1) is 0 Å². The lowest BCUT2D eigenvalue weighted by atomic mass is 10.2. The molecule has 0 aliphatic carbocycles. The maximum absolute atomic E-state index is 10.8. The van der Waals surface area contributed by atoms with E-state index >= 15 is 0 Å². The molecule has 0 aliphatic rings. The predicted molar refractivity (Wildman–Crippen MR) is 62.6 cm³/mol. The highest BCUT2D eigenvalue weighted by molar-refractivity contribution is 5.62. The number of nitrogens with zero attached hydrogens (tertiary/aromatic N) is 1. The van der Waals surface area contributed by atoms with Crippen LogP contribution in [0.25, 0.3) is 0 Å². The zero-order chi connectivity index (χ0) is 12.0. The number of unbranched alkanes of at least 4 members (excludes halogenated alkanes) is 1. The van der Waals surface area contributed by atoms with Gasteiger partial charge in [-0.05, 0) is 31.4 Å². The molecule has 2 N–H and O–H groups in total. The van der Waals surface area contributed by atoms with Crippen molar-refractivity contribution < 1.29 is 10.0 Å². The van der Waals surface area contributed by atoms with Crippen LogP contribution >= 0.6 is 0 Å². The lowest BCUT2D eigenvalue weighted by molar-refractivity contribution is -0.384. The first-order valence-corrected chi connectivity index (χ1v) is 5.25. The Morgan fingerprint density at radius 3 is 2.81 bits per heavy atom. The normalized spacial score (nSPS) is 10.1. The van der Waals surface area contributed by atoms with Crippen LogP contribution in [0.4, 0.5) is 11.4 Å². The summed E-state index contributed by atoms with van der Waals surface area (Å²) >= 11 is 0. The second-order valence-electron chi connectivity index (χ2n) is 3.64. The number of nitro groups is 1. The van der Waals surface area contributed by atoms with Gasteiger partial charge in [0.15, 0.2) is 0 Å². The van der Waals surface area contributed by atoms with E-state index < -0.39 is 0 Å². The molecule has 0 atom stereocenters. The molecule has 1 rings (SSSR count). The largest absolute Gasteiger partial charge is 0.396 e. The molecule has 88 valence electrons. The number of hydrogen-bond donors (Lipinski definition) is 2. The van der Waals surface area contributed by atoms with Crippen molar-refractivity contribution in [1.82, 2.24) is 0 Å². The van der Waals surface area contributed by atoms with Crippen molar-refractivity contribution in [2.45, 2.75) is 19.8 Å². The van der Waals surface area contributed by atoms with Gasteiger partial charge in [-0.25, -0.2) is 0 Å². The van der Waals surface area contributed by atoms with E-state index in [1.165, 1.54) is 0 Å². The molecule has 0 spiro atoms. The molecule has 0 fully saturated rings. The third kappa shape index (κ3) is 3.51. The Balaban J connectivity index is 2.67. The molecule has 0 aliphatic heterocycles. The van der Waals surface area contributed by atoms with E-state index in [1.54, 1.807) is 12.1 Å². The quantitative estimate of drug-likeness (QED) is 0.440. The molecule has 5 nitrogen and oxygen atoms in total. The minimum atomic E-state index is -0.388. The van der Waals surface area contributed by atoms with Crippen molar-refractivity contribution in [2.75, 3.05) is 18.5 Å². The van der Waals surface area contributed by atoms with Crippen LogP contribution in [-0.2, 0) is 0 Å². The molecule has 0 heterocycles. The number of nitrogens with one attached hydrogen (secondary N) is 1. The van der Waals surface area contributed by atoms with E-state index in [4.69, 9.17) is 5.11 Å². The van der Waals surface area contributed by atoms with Crippen LogP contribution in [0.2, 0.25) is 0 Å². The van der Waals surface area contributed by atoms with Crippen LogP contribution in [-0.4, -0.2) is 23.2 Å². The van der Waals surface area contributed by atoms with Gasteiger partial charge < -0.3 is 10.4 Å². The summed E-state index contributed by atoms with van der Waals surface area (Å²) in [5.41, 5.74) is 1.50. The van der Waals surface area contributed by atoms with E-state index in [0.717, 1.165) is 12.0 Å².